The number of carbonyl (C=O) groups excluding carboxylic acids is 1. The van der Waals surface area contributed by atoms with Crippen molar-refractivity contribution in [2.24, 2.45) is 0 Å². The molecule has 0 aromatic heterocycles. The van der Waals surface area contributed by atoms with Crippen molar-refractivity contribution in [2.75, 3.05) is 13.2 Å². The summed E-state index contributed by atoms with van der Waals surface area (Å²) in [6, 6.07) is 17.4. The van der Waals surface area contributed by atoms with Gasteiger partial charge in [0, 0.05) is 12.1 Å². The van der Waals surface area contributed by atoms with Crippen molar-refractivity contribution in [3.8, 4) is 5.75 Å². The lowest BCUT2D eigenvalue weighted by Crippen LogP contribution is -2.36. The molecule has 0 saturated heterocycles. The maximum absolute atomic E-state index is 11.5. The molecule has 1 aliphatic rings. The van der Waals surface area contributed by atoms with Gasteiger partial charge in [0.05, 0.1) is 6.61 Å². The van der Waals surface area contributed by atoms with Gasteiger partial charge in [0.25, 0.3) is 0 Å². The van der Waals surface area contributed by atoms with Crippen LogP contribution in [0.25, 0.3) is 0 Å². The third-order valence-electron chi connectivity index (χ3n) is 4.88. The number of hydrogen-bond acceptors (Lipinski definition) is 4. The van der Waals surface area contributed by atoms with E-state index in [2.05, 4.69) is 42.6 Å². The van der Waals surface area contributed by atoms with Gasteiger partial charge in [-0.25, -0.2) is 4.79 Å². The quantitative estimate of drug-likeness (QED) is 0.769. The SMILES string of the molecule is CCOC(=O)COc1cccc2c1CCC(N[C@@H](C)c1ccccc1)C2. The highest BCUT2D eigenvalue weighted by Crippen LogP contribution is 2.30. The average Bonchev–Trinajstić information content (AvgIpc) is 2.67. The fourth-order valence-corrected chi connectivity index (χ4v) is 3.58. The standard InChI is InChI=1S/C22H27NO3/c1-3-25-22(24)15-26-21-11-7-10-18-14-19(12-13-20(18)21)23-16(2)17-8-5-4-6-9-17/h4-11,16,19,23H,3,12-15H2,1-2H3/t16-,19?/m0/s1. The second-order valence-corrected chi connectivity index (χ2v) is 6.73. The number of carbonyl (C=O) groups is 1. The van der Waals surface area contributed by atoms with Crippen LogP contribution >= 0.6 is 0 Å². The molecule has 4 nitrogen and oxygen atoms in total. The molecule has 1 aliphatic carbocycles. The van der Waals surface area contributed by atoms with Crippen molar-refractivity contribution < 1.29 is 14.3 Å². The molecule has 138 valence electrons. The van der Waals surface area contributed by atoms with Crippen LogP contribution in [0.1, 0.15) is 43.0 Å². The molecule has 2 atom stereocenters. The number of nitrogens with one attached hydrogen (secondary N) is 1. The second-order valence-electron chi connectivity index (χ2n) is 6.73. The van der Waals surface area contributed by atoms with Crippen LogP contribution in [0, 0.1) is 0 Å². The highest BCUT2D eigenvalue weighted by atomic mass is 16.6. The molecular weight excluding hydrogens is 326 g/mol. The van der Waals surface area contributed by atoms with Gasteiger partial charge >= 0.3 is 5.97 Å². The first-order chi connectivity index (χ1) is 12.7. The van der Waals surface area contributed by atoms with E-state index in [9.17, 15) is 4.79 Å². The van der Waals surface area contributed by atoms with E-state index < -0.39 is 0 Å². The molecule has 0 radical (unpaired) electrons. The van der Waals surface area contributed by atoms with Crippen molar-refractivity contribution in [2.45, 2.75) is 45.2 Å². The molecule has 4 heteroatoms. The number of esters is 1. The molecule has 0 bridgehead atoms. The van der Waals surface area contributed by atoms with Crippen molar-refractivity contribution in [1.29, 1.82) is 0 Å². The molecule has 1 unspecified atom stereocenters. The van der Waals surface area contributed by atoms with Crippen LogP contribution in [-0.2, 0) is 22.4 Å². The summed E-state index contributed by atoms with van der Waals surface area (Å²) < 4.78 is 10.6. The number of rotatable bonds is 7. The van der Waals surface area contributed by atoms with Gasteiger partial charge in [-0.2, -0.15) is 0 Å². The Labute approximate surface area is 155 Å². The van der Waals surface area contributed by atoms with Crippen LogP contribution in [0.4, 0.5) is 0 Å². The molecule has 0 aliphatic heterocycles. The fraction of sp³-hybridized carbons (Fsp3) is 0.409. The van der Waals surface area contributed by atoms with Crippen molar-refractivity contribution in [3.63, 3.8) is 0 Å². The van der Waals surface area contributed by atoms with Gasteiger partial charge in [-0.15, -0.1) is 0 Å². The zero-order chi connectivity index (χ0) is 18.4. The predicted octanol–water partition coefficient (Wildman–Crippen LogP) is 3.84. The third-order valence-corrected chi connectivity index (χ3v) is 4.88. The summed E-state index contributed by atoms with van der Waals surface area (Å²) in [6.45, 7) is 4.36. The van der Waals surface area contributed by atoms with Crippen LogP contribution in [0.15, 0.2) is 48.5 Å². The topological polar surface area (TPSA) is 47.6 Å². The Morgan fingerprint density at radius 3 is 2.77 bits per heavy atom. The Kier molecular flexibility index (Phi) is 6.29. The molecule has 3 rings (SSSR count). The first-order valence-corrected chi connectivity index (χ1v) is 9.37. The van der Waals surface area contributed by atoms with Crippen LogP contribution in [0.5, 0.6) is 5.75 Å². The van der Waals surface area contributed by atoms with Crippen LogP contribution < -0.4 is 10.1 Å². The van der Waals surface area contributed by atoms with E-state index in [-0.39, 0.29) is 12.6 Å². The largest absolute Gasteiger partial charge is 0.482 e. The zero-order valence-electron chi connectivity index (χ0n) is 15.5. The molecule has 0 saturated carbocycles. The van der Waals surface area contributed by atoms with Crippen molar-refractivity contribution >= 4 is 5.97 Å². The monoisotopic (exact) mass is 353 g/mol. The summed E-state index contributed by atoms with van der Waals surface area (Å²) in [5.74, 6) is 0.488. The second kappa shape index (κ2) is 8.86. The van der Waals surface area contributed by atoms with Gasteiger partial charge < -0.3 is 14.8 Å². The summed E-state index contributed by atoms with van der Waals surface area (Å²) in [5, 5.41) is 3.75. The minimum Gasteiger partial charge on any atom is -0.482 e. The van der Waals surface area contributed by atoms with Gasteiger partial charge in [-0.05, 0) is 55.9 Å². The minimum atomic E-state index is -0.322. The van der Waals surface area contributed by atoms with Crippen molar-refractivity contribution in [1.82, 2.24) is 5.32 Å². The van der Waals surface area contributed by atoms with E-state index in [1.54, 1.807) is 6.92 Å². The van der Waals surface area contributed by atoms with E-state index in [1.807, 2.05) is 18.2 Å². The van der Waals surface area contributed by atoms with E-state index in [4.69, 9.17) is 9.47 Å². The average molecular weight is 353 g/mol. The molecule has 0 spiro atoms. The highest BCUT2D eigenvalue weighted by Gasteiger charge is 2.23. The van der Waals surface area contributed by atoms with Crippen LogP contribution in [0.2, 0.25) is 0 Å². The molecule has 1 N–H and O–H groups in total. The van der Waals surface area contributed by atoms with Crippen molar-refractivity contribution in [3.05, 3.63) is 65.2 Å². The number of hydrogen-bond donors (Lipinski definition) is 1. The van der Waals surface area contributed by atoms with E-state index in [0.29, 0.717) is 18.7 Å². The summed E-state index contributed by atoms with van der Waals surface area (Å²) in [4.78, 5) is 11.5. The molecule has 0 amide bonds. The lowest BCUT2D eigenvalue weighted by Gasteiger charge is -2.29. The summed E-state index contributed by atoms with van der Waals surface area (Å²) in [7, 11) is 0. The minimum absolute atomic E-state index is 0.0307. The summed E-state index contributed by atoms with van der Waals surface area (Å²) in [6.07, 6.45) is 2.99. The lowest BCUT2D eigenvalue weighted by molar-refractivity contribution is -0.145. The van der Waals surface area contributed by atoms with Gasteiger partial charge in [-0.1, -0.05) is 42.5 Å². The Bertz CT molecular complexity index is 729. The predicted molar refractivity (Wildman–Crippen MR) is 102 cm³/mol. The van der Waals surface area contributed by atoms with E-state index in [1.165, 1.54) is 16.7 Å². The Hall–Kier alpha value is -2.33. The Morgan fingerprint density at radius 1 is 1.19 bits per heavy atom. The number of ether oxygens (including phenoxy) is 2. The first-order valence-electron chi connectivity index (χ1n) is 9.37. The molecular formula is C22H27NO3. The Morgan fingerprint density at radius 2 is 2.00 bits per heavy atom. The van der Waals surface area contributed by atoms with Gasteiger partial charge in [-0.3, -0.25) is 0 Å². The summed E-state index contributed by atoms with van der Waals surface area (Å²) >= 11 is 0. The van der Waals surface area contributed by atoms with Crippen LogP contribution in [0.3, 0.4) is 0 Å². The molecule has 0 fully saturated rings. The van der Waals surface area contributed by atoms with Gasteiger partial charge in [0.15, 0.2) is 6.61 Å². The fourth-order valence-electron chi connectivity index (χ4n) is 3.58. The van der Waals surface area contributed by atoms with Gasteiger partial charge in [0.2, 0.25) is 0 Å². The lowest BCUT2D eigenvalue weighted by atomic mass is 9.87. The van der Waals surface area contributed by atoms with Crippen LogP contribution in [-0.4, -0.2) is 25.2 Å². The Balaban J connectivity index is 1.62. The smallest absolute Gasteiger partial charge is 0.344 e. The summed E-state index contributed by atoms with van der Waals surface area (Å²) in [5.41, 5.74) is 3.84. The molecule has 0 heterocycles. The molecule has 2 aromatic carbocycles. The van der Waals surface area contributed by atoms with E-state index in [0.717, 1.165) is 25.0 Å². The van der Waals surface area contributed by atoms with Gasteiger partial charge in [0.1, 0.15) is 5.75 Å². The highest BCUT2D eigenvalue weighted by molar-refractivity contribution is 5.71. The molecule has 26 heavy (non-hydrogen) atoms. The first kappa shape index (κ1) is 18.5. The zero-order valence-corrected chi connectivity index (χ0v) is 15.5. The number of benzene rings is 2. The van der Waals surface area contributed by atoms with E-state index >= 15 is 0 Å². The maximum atomic E-state index is 11.5. The molecule has 2 aromatic rings. The number of fused-ring (bicyclic) bond motifs is 1. The maximum Gasteiger partial charge on any atom is 0.344 e. The normalized spacial score (nSPS) is 17.2. The third kappa shape index (κ3) is 4.64.